The predicted octanol–water partition coefficient (Wildman–Crippen LogP) is 3.56. The number of benzene rings is 2. The third kappa shape index (κ3) is 5.65. The molecule has 0 atom stereocenters. The molecule has 0 aliphatic heterocycles. The molecule has 8 nitrogen and oxygen atoms in total. The van der Waals surface area contributed by atoms with Crippen LogP contribution in [0.1, 0.15) is 16.8 Å². The molecule has 4 rings (SSSR count). The maximum atomic E-state index is 13.3. The zero-order valence-electron chi connectivity index (χ0n) is 18.0. The molecule has 4 aromatic rings. The number of thiophene rings is 1. The van der Waals surface area contributed by atoms with Gasteiger partial charge in [-0.2, -0.15) is 0 Å². The van der Waals surface area contributed by atoms with Crippen molar-refractivity contribution in [3.63, 3.8) is 0 Å². The molecular weight excluding hydrogens is 459 g/mol. The number of ether oxygens (including phenoxy) is 2. The van der Waals surface area contributed by atoms with Crippen molar-refractivity contribution < 1.29 is 23.5 Å². The van der Waals surface area contributed by atoms with E-state index in [2.05, 4.69) is 15.3 Å². The van der Waals surface area contributed by atoms with Crippen LogP contribution in [0.3, 0.4) is 0 Å². The van der Waals surface area contributed by atoms with Gasteiger partial charge in [-0.3, -0.25) is 9.59 Å². The maximum Gasteiger partial charge on any atom is 0.251 e. The molecule has 2 amide bonds. The topological polar surface area (TPSA) is 116 Å². The van der Waals surface area contributed by atoms with Crippen molar-refractivity contribution >= 4 is 33.4 Å². The molecule has 10 heteroatoms. The van der Waals surface area contributed by atoms with E-state index in [0.717, 1.165) is 21.3 Å². The van der Waals surface area contributed by atoms with Gasteiger partial charge in [-0.25, -0.2) is 14.4 Å². The zero-order chi connectivity index (χ0) is 23.9. The number of hydrogen-bond donors (Lipinski definition) is 2. The highest BCUT2D eigenvalue weighted by atomic mass is 32.1. The van der Waals surface area contributed by atoms with Gasteiger partial charge in [-0.05, 0) is 35.9 Å². The Labute approximate surface area is 198 Å². The largest absolute Gasteiger partial charge is 0.493 e. The lowest BCUT2D eigenvalue weighted by Crippen LogP contribution is -2.33. The fourth-order valence-electron chi connectivity index (χ4n) is 3.21. The van der Waals surface area contributed by atoms with Gasteiger partial charge in [0.15, 0.2) is 0 Å². The normalized spacial score (nSPS) is 10.7. The van der Waals surface area contributed by atoms with Crippen LogP contribution in [-0.4, -0.2) is 41.5 Å². The fraction of sp³-hybridized carbons (Fsp3) is 0.167. The first-order chi connectivity index (χ1) is 16.5. The molecule has 0 spiro atoms. The summed E-state index contributed by atoms with van der Waals surface area (Å²) in [4.78, 5) is 32.2. The van der Waals surface area contributed by atoms with Crippen LogP contribution in [-0.2, 0) is 4.79 Å². The second-order valence-corrected chi connectivity index (χ2v) is 8.10. The minimum absolute atomic E-state index is 0.232. The lowest BCUT2D eigenvalue weighted by Gasteiger charge is -2.10. The van der Waals surface area contributed by atoms with Crippen molar-refractivity contribution in [1.29, 1.82) is 0 Å². The number of nitrogens with zero attached hydrogens (tertiary/aromatic N) is 2. The highest BCUT2D eigenvalue weighted by Crippen LogP contribution is 2.37. The molecule has 0 saturated heterocycles. The Morgan fingerprint density at radius 3 is 2.65 bits per heavy atom. The van der Waals surface area contributed by atoms with Gasteiger partial charge < -0.3 is 20.5 Å². The van der Waals surface area contributed by atoms with Gasteiger partial charge in [0.1, 0.15) is 22.7 Å². The molecular formula is C24H21FN4O4S. The summed E-state index contributed by atoms with van der Waals surface area (Å²) < 4.78 is 24.9. The number of amides is 2. The second kappa shape index (κ2) is 10.7. The van der Waals surface area contributed by atoms with Crippen LogP contribution >= 0.6 is 11.3 Å². The zero-order valence-corrected chi connectivity index (χ0v) is 18.8. The van der Waals surface area contributed by atoms with E-state index in [-0.39, 0.29) is 12.4 Å². The van der Waals surface area contributed by atoms with E-state index in [4.69, 9.17) is 15.2 Å². The Balaban J connectivity index is 1.34. The average Bonchev–Trinajstić information content (AvgIpc) is 3.28. The Hall–Kier alpha value is -4.05. The minimum atomic E-state index is -0.617. The third-order valence-corrected chi connectivity index (χ3v) is 5.69. The molecule has 0 unspecified atom stereocenters. The van der Waals surface area contributed by atoms with Crippen LogP contribution in [0, 0.1) is 5.82 Å². The van der Waals surface area contributed by atoms with Gasteiger partial charge in [0.05, 0.1) is 25.1 Å². The summed E-state index contributed by atoms with van der Waals surface area (Å²) in [7, 11) is 0. The number of nitrogens with one attached hydrogen (secondary N) is 1. The van der Waals surface area contributed by atoms with Gasteiger partial charge in [0.2, 0.25) is 11.8 Å². The van der Waals surface area contributed by atoms with Crippen LogP contribution in [0.5, 0.6) is 11.6 Å². The first kappa shape index (κ1) is 23.1. The molecule has 0 fully saturated rings. The first-order valence-corrected chi connectivity index (χ1v) is 11.3. The molecule has 34 heavy (non-hydrogen) atoms. The minimum Gasteiger partial charge on any atom is -0.493 e. The number of fused-ring (bicyclic) bond motifs is 1. The molecule has 2 aromatic heterocycles. The number of halogens is 1. The highest BCUT2D eigenvalue weighted by Gasteiger charge is 2.14. The fourth-order valence-corrected chi connectivity index (χ4v) is 4.12. The van der Waals surface area contributed by atoms with Gasteiger partial charge in [-0.15, -0.1) is 11.3 Å². The van der Waals surface area contributed by atoms with E-state index in [1.165, 1.54) is 29.8 Å². The number of rotatable bonds is 10. The summed E-state index contributed by atoms with van der Waals surface area (Å²) in [5, 5.41) is 5.17. The van der Waals surface area contributed by atoms with Crippen LogP contribution in [0.2, 0.25) is 0 Å². The third-order valence-electron chi connectivity index (χ3n) is 4.81. The highest BCUT2D eigenvalue weighted by molar-refractivity contribution is 7.17. The Morgan fingerprint density at radius 2 is 1.85 bits per heavy atom. The van der Waals surface area contributed by atoms with E-state index in [0.29, 0.717) is 36.8 Å². The molecule has 3 N–H and O–H groups in total. The number of carbonyl (C=O) groups is 2. The Bertz CT molecular complexity index is 1310. The molecule has 0 bridgehead atoms. The molecule has 174 valence electrons. The summed E-state index contributed by atoms with van der Waals surface area (Å²) in [5.41, 5.74) is 7.15. The van der Waals surface area contributed by atoms with E-state index in [1.807, 2.05) is 5.38 Å². The standard InChI is InChI=1S/C24H21FN4O4S/c25-17-7-5-15(6-8-17)19-13-34-24-21(19)23(28-14-29-24)33-10-2-9-32-18-4-1-3-16(11-18)22(31)27-12-20(26)30/h1,3-8,11,13-14H,2,9-10,12H2,(H2,26,30)(H,27,31). The lowest BCUT2D eigenvalue weighted by atomic mass is 10.1. The number of primary amides is 1. The maximum absolute atomic E-state index is 13.3. The molecule has 0 saturated carbocycles. The van der Waals surface area contributed by atoms with E-state index in [1.54, 1.807) is 36.4 Å². The van der Waals surface area contributed by atoms with Crippen LogP contribution < -0.4 is 20.5 Å². The van der Waals surface area contributed by atoms with Gasteiger partial charge in [0.25, 0.3) is 5.91 Å². The SMILES string of the molecule is NC(=O)CNC(=O)c1cccc(OCCCOc2ncnc3scc(-c4ccc(F)cc4)c23)c1. The van der Waals surface area contributed by atoms with Gasteiger partial charge >= 0.3 is 0 Å². The molecule has 2 heterocycles. The molecule has 0 aliphatic carbocycles. The molecule has 0 aliphatic rings. The Kier molecular flexibility index (Phi) is 7.28. The average molecular weight is 481 g/mol. The van der Waals surface area contributed by atoms with Crippen LogP contribution in [0.4, 0.5) is 4.39 Å². The second-order valence-electron chi connectivity index (χ2n) is 7.24. The summed E-state index contributed by atoms with van der Waals surface area (Å²) in [6.07, 6.45) is 2.02. The number of nitrogens with two attached hydrogens (primary N) is 1. The summed E-state index contributed by atoms with van der Waals surface area (Å²) >= 11 is 1.47. The van der Waals surface area contributed by atoms with Crippen molar-refractivity contribution in [1.82, 2.24) is 15.3 Å². The quantitative estimate of drug-likeness (QED) is 0.335. The monoisotopic (exact) mass is 480 g/mol. The van der Waals surface area contributed by atoms with Crippen LogP contribution in [0.25, 0.3) is 21.3 Å². The van der Waals surface area contributed by atoms with Crippen LogP contribution in [0.15, 0.2) is 60.2 Å². The van der Waals surface area contributed by atoms with E-state index < -0.39 is 11.8 Å². The molecule has 0 radical (unpaired) electrons. The van der Waals surface area contributed by atoms with E-state index in [9.17, 15) is 14.0 Å². The lowest BCUT2D eigenvalue weighted by molar-refractivity contribution is -0.117. The number of hydrogen-bond acceptors (Lipinski definition) is 7. The first-order valence-electron chi connectivity index (χ1n) is 10.4. The van der Waals surface area contributed by atoms with Crippen molar-refractivity contribution in [3.8, 4) is 22.8 Å². The van der Waals surface area contributed by atoms with Crippen molar-refractivity contribution in [3.05, 3.63) is 71.6 Å². The summed E-state index contributed by atoms with van der Waals surface area (Å²) in [6, 6.07) is 12.9. The van der Waals surface area contributed by atoms with Crippen molar-refractivity contribution in [2.24, 2.45) is 5.73 Å². The number of aromatic nitrogens is 2. The van der Waals surface area contributed by atoms with Crippen molar-refractivity contribution in [2.75, 3.05) is 19.8 Å². The molecule has 2 aromatic carbocycles. The van der Waals surface area contributed by atoms with Gasteiger partial charge in [0, 0.05) is 22.9 Å². The van der Waals surface area contributed by atoms with Crippen molar-refractivity contribution in [2.45, 2.75) is 6.42 Å². The predicted molar refractivity (Wildman–Crippen MR) is 126 cm³/mol. The van der Waals surface area contributed by atoms with E-state index >= 15 is 0 Å². The van der Waals surface area contributed by atoms with Gasteiger partial charge in [-0.1, -0.05) is 18.2 Å². The Morgan fingerprint density at radius 1 is 1.06 bits per heavy atom. The smallest absolute Gasteiger partial charge is 0.251 e. The number of carbonyl (C=O) groups excluding carboxylic acids is 2. The summed E-state index contributed by atoms with van der Waals surface area (Å²) in [5.74, 6) is -0.346. The summed E-state index contributed by atoms with van der Waals surface area (Å²) in [6.45, 7) is 0.475.